The van der Waals surface area contributed by atoms with Gasteiger partial charge in [0.1, 0.15) is 11.6 Å². The van der Waals surface area contributed by atoms with Crippen molar-refractivity contribution in [3.05, 3.63) is 58.8 Å². The van der Waals surface area contributed by atoms with Gasteiger partial charge in [-0.1, -0.05) is 6.07 Å². The third-order valence-corrected chi connectivity index (χ3v) is 6.59. The summed E-state index contributed by atoms with van der Waals surface area (Å²) in [6, 6.07) is 11.7. The number of piperazine rings is 1. The van der Waals surface area contributed by atoms with E-state index in [0.717, 1.165) is 55.7 Å². The standard InChI is InChI=1S/C22H26FN5O/c23-19-2-1-3-20-18(19)10-11-28(20)17-6-4-16(5-7-17)26-12-14-27(15-13-26)21-8-9-22(29)25-24-21/h1-3,8-11,16-17H,4-7,12-15H2,(H,25,29). The molecule has 1 saturated heterocycles. The second kappa shape index (κ2) is 7.63. The van der Waals surface area contributed by atoms with Gasteiger partial charge in [-0.2, -0.15) is 5.10 Å². The maximum Gasteiger partial charge on any atom is 0.264 e. The van der Waals surface area contributed by atoms with Crippen molar-refractivity contribution in [1.29, 1.82) is 0 Å². The van der Waals surface area contributed by atoms with Gasteiger partial charge in [0.2, 0.25) is 0 Å². The number of aromatic amines is 1. The van der Waals surface area contributed by atoms with Gasteiger partial charge >= 0.3 is 0 Å². The van der Waals surface area contributed by atoms with E-state index in [1.54, 1.807) is 12.1 Å². The summed E-state index contributed by atoms with van der Waals surface area (Å²) in [5.74, 6) is 0.712. The molecule has 152 valence electrons. The van der Waals surface area contributed by atoms with Crippen molar-refractivity contribution in [3.63, 3.8) is 0 Å². The highest BCUT2D eigenvalue weighted by Crippen LogP contribution is 2.34. The van der Waals surface area contributed by atoms with E-state index < -0.39 is 0 Å². The lowest BCUT2D eigenvalue weighted by Gasteiger charge is -2.42. The topological polar surface area (TPSA) is 57.2 Å². The fourth-order valence-electron chi connectivity index (χ4n) is 5.00. The fraction of sp³-hybridized carbons (Fsp3) is 0.455. The summed E-state index contributed by atoms with van der Waals surface area (Å²) in [4.78, 5) is 16.0. The van der Waals surface area contributed by atoms with Crippen LogP contribution in [0.5, 0.6) is 0 Å². The fourth-order valence-corrected chi connectivity index (χ4v) is 5.00. The van der Waals surface area contributed by atoms with Gasteiger partial charge in [-0.05, 0) is 49.9 Å². The van der Waals surface area contributed by atoms with Gasteiger partial charge in [0.15, 0.2) is 0 Å². The van der Waals surface area contributed by atoms with Crippen molar-refractivity contribution < 1.29 is 4.39 Å². The van der Waals surface area contributed by atoms with Crippen LogP contribution in [0.2, 0.25) is 0 Å². The molecule has 1 saturated carbocycles. The minimum atomic E-state index is -0.164. The molecule has 0 bridgehead atoms. The van der Waals surface area contributed by atoms with Gasteiger partial charge in [0.05, 0.1) is 5.52 Å². The van der Waals surface area contributed by atoms with Crippen LogP contribution in [0, 0.1) is 5.82 Å². The minimum absolute atomic E-state index is 0.134. The van der Waals surface area contributed by atoms with Crippen LogP contribution < -0.4 is 10.5 Å². The molecule has 1 aliphatic carbocycles. The zero-order valence-corrected chi connectivity index (χ0v) is 16.4. The number of hydrogen-bond acceptors (Lipinski definition) is 4. The molecule has 0 atom stereocenters. The van der Waals surface area contributed by atoms with Gasteiger partial charge in [0.25, 0.3) is 5.56 Å². The predicted octanol–water partition coefficient (Wildman–Crippen LogP) is 3.17. The van der Waals surface area contributed by atoms with E-state index in [2.05, 4.69) is 30.8 Å². The zero-order chi connectivity index (χ0) is 19.8. The predicted molar refractivity (Wildman–Crippen MR) is 112 cm³/mol. The molecule has 1 N–H and O–H groups in total. The van der Waals surface area contributed by atoms with Crippen molar-refractivity contribution in [3.8, 4) is 0 Å². The molecular weight excluding hydrogens is 369 g/mol. The summed E-state index contributed by atoms with van der Waals surface area (Å²) in [5.41, 5.74) is 0.845. The molecule has 0 radical (unpaired) electrons. The minimum Gasteiger partial charge on any atom is -0.353 e. The number of rotatable bonds is 3. The number of nitrogens with zero attached hydrogens (tertiary/aromatic N) is 4. The third-order valence-electron chi connectivity index (χ3n) is 6.59. The molecule has 29 heavy (non-hydrogen) atoms. The van der Waals surface area contributed by atoms with Crippen LogP contribution in [0.4, 0.5) is 10.2 Å². The van der Waals surface area contributed by atoms with Crippen molar-refractivity contribution in [2.45, 2.75) is 37.8 Å². The number of aromatic nitrogens is 3. The molecule has 2 aliphatic rings. The monoisotopic (exact) mass is 395 g/mol. The van der Waals surface area contributed by atoms with E-state index in [4.69, 9.17) is 0 Å². The Morgan fingerprint density at radius 2 is 1.69 bits per heavy atom. The van der Waals surface area contributed by atoms with E-state index in [9.17, 15) is 9.18 Å². The zero-order valence-electron chi connectivity index (χ0n) is 16.4. The number of anilines is 1. The average Bonchev–Trinajstić information content (AvgIpc) is 3.20. The van der Waals surface area contributed by atoms with E-state index in [1.807, 2.05) is 12.1 Å². The van der Waals surface area contributed by atoms with Crippen molar-refractivity contribution in [1.82, 2.24) is 19.7 Å². The molecule has 3 aromatic rings. The van der Waals surface area contributed by atoms with Crippen molar-refractivity contribution in [2.24, 2.45) is 0 Å². The average molecular weight is 395 g/mol. The highest BCUT2D eigenvalue weighted by Gasteiger charge is 2.29. The van der Waals surface area contributed by atoms with Gasteiger partial charge < -0.3 is 9.47 Å². The molecule has 1 aromatic carbocycles. The Bertz CT molecular complexity index is 1020. The SMILES string of the molecule is O=c1ccc(N2CCN(C3CCC(n4ccc5c(F)cccc54)CC3)CC2)n[nH]1. The van der Waals surface area contributed by atoms with Gasteiger partial charge in [-0.15, -0.1) is 0 Å². The lowest BCUT2D eigenvalue weighted by atomic mass is 9.89. The van der Waals surface area contributed by atoms with Crippen LogP contribution in [0.1, 0.15) is 31.7 Å². The summed E-state index contributed by atoms with van der Waals surface area (Å²) < 4.78 is 16.3. The van der Waals surface area contributed by atoms with Crippen LogP contribution in [0.25, 0.3) is 10.9 Å². The smallest absolute Gasteiger partial charge is 0.264 e. The van der Waals surface area contributed by atoms with Gasteiger partial charge in [-0.3, -0.25) is 9.69 Å². The van der Waals surface area contributed by atoms with Crippen LogP contribution in [-0.4, -0.2) is 51.9 Å². The number of benzene rings is 1. The normalized spacial score (nSPS) is 23.6. The van der Waals surface area contributed by atoms with Crippen LogP contribution in [0.3, 0.4) is 0 Å². The Hall–Kier alpha value is -2.67. The van der Waals surface area contributed by atoms with Crippen LogP contribution in [0.15, 0.2) is 47.4 Å². The number of nitrogens with one attached hydrogen (secondary N) is 1. The number of hydrogen-bond donors (Lipinski definition) is 1. The Balaban J connectivity index is 1.19. The molecule has 3 heterocycles. The first-order valence-corrected chi connectivity index (χ1v) is 10.5. The molecule has 6 nitrogen and oxygen atoms in total. The van der Waals surface area contributed by atoms with Crippen molar-refractivity contribution >= 4 is 16.7 Å². The molecule has 5 rings (SSSR count). The van der Waals surface area contributed by atoms with Crippen LogP contribution >= 0.6 is 0 Å². The molecule has 2 fully saturated rings. The van der Waals surface area contributed by atoms with Crippen molar-refractivity contribution in [2.75, 3.05) is 31.1 Å². The quantitative estimate of drug-likeness (QED) is 0.740. The Morgan fingerprint density at radius 3 is 2.41 bits per heavy atom. The van der Waals surface area contributed by atoms with E-state index in [-0.39, 0.29) is 11.4 Å². The Labute approximate surface area is 168 Å². The third kappa shape index (κ3) is 3.55. The lowest BCUT2D eigenvalue weighted by molar-refractivity contribution is 0.131. The molecule has 0 spiro atoms. The Kier molecular flexibility index (Phi) is 4.83. The molecular formula is C22H26FN5O. The molecule has 2 aromatic heterocycles. The highest BCUT2D eigenvalue weighted by molar-refractivity contribution is 5.80. The van der Waals surface area contributed by atoms with Gasteiger partial charge in [-0.25, -0.2) is 9.49 Å². The molecule has 0 unspecified atom stereocenters. The molecule has 1 aliphatic heterocycles. The van der Waals surface area contributed by atoms with E-state index in [1.165, 1.54) is 25.0 Å². The number of H-pyrrole nitrogens is 1. The maximum absolute atomic E-state index is 14.0. The van der Waals surface area contributed by atoms with E-state index in [0.29, 0.717) is 12.1 Å². The van der Waals surface area contributed by atoms with Gasteiger partial charge in [0, 0.05) is 55.9 Å². The summed E-state index contributed by atoms with van der Waals surface area (Å²) in [5, 5.41) is 7.39. The maximum atomic E-state index is 14.0. The number of halogens is 1. The first kappa shape index (κ1) is 18.4. The first-order chi connectivity index (χ1) is 14.2. The second-order valence-corrected chi connectivity index (χ2v) is 8.16. The largest absolute Gasteiger partial charge is 0.353 e. The van der Waals surface area contributed by atoms with Crippen LogP contribution in [-0.2, 0) is 0 Å². The lowest BCUT2D eigenvalue weighted by Crippen LogP contribution is -2.51. The second-order valence-electron chi connectivity index (χ2n) is 8.16. The summed E-state index contributed by atoms with van der Waals surface area (Å²) in [6.07, 6.45) is 6.67. The number of fused-ring (bicyclic) bond motifs is 1. The summed E-state index contributed by atoms with van der Waals surface area (Å²) in [6.45, 7) is 3.91. The molecule has 7 heteroatoms. The Morgan fingerprint density at radius 1 is 0.931 bits per heavy atom. The van der Waals surface area contributed by atoms with E-state index >= 15 is 0 Å². The summed E-state index contributed by atoms with van der Waals surface area (Å²) in [7, 11) is 0. The highest BCUT2D eigenvalue weighted by atomic mass is 19.1. The first-order valence-electron chi connectivity index (χ1n) is 10.5. The molecule has 0 amide bonds. The summed E-state index contributed by atoms with van der Waals surface area (Å²) >= 11 is 0.